The third-order valence-electron chi connectivity index (χ3n) is 5.59. The predicted molar refractivity (Wildman–Crippen MR) is 123 cm³/mol. The quantitative estimate of drug-likeness (QED) is 0.589. The Morgan fingerprint density at radius 3 is 2.33 bits per heavy atom. The average molecular weight is 466 g/mol. The van der Waals surface area contributed by atoms with E-state index in [-0.39, 0.29) is 15.6 Å². The molecule has 0 aliphatic heterocycles. The molecule has 30 heavy (non-hydrogen) atoms. The Morgan fingerprint density at radius 1 is 1.03 bits per heavy atom. The highest BCUT2D eigenvalue weighted by atomic mass is 35.5. The smallest absolute Gasteiger partial charge is 0.295 e. The Labute approximate surface area is 185 Å². The van der Waals surface area contributed by atoms with Crippen molar-refractivity contribution in [2.45, 2.75) is 47.1 Å². The molecule has 3 aromatic rings. The Kier molecular flexibility index (Phi) is 5.92. The molecular formula is C21H24ClN3O3S2. The average Bonchev–Trinajstić information content (AvgIpc) is 2.93. The highest BCUT2D eigenvalue weighted by Gasteiger charge is 2.23. The standard InChI is InChI=1S/C21H24ClN3O3S2/c1-24-17-12-16(23-30(27,28)20-11-7-6-10-15(20)22)19(13-18(17)25(2)21(24)26)29-14-8-4-3-5-9-14/h6-7,10-14,23H,3-5,8-9H2,1-2H3. The number of fused-ring (bicyclic) bond motifs is 1. The van der Waals surface area contributed by atoms with E-state index >= 15 is 0 Å². The van der Waals surface area contributed by atoms with Gasteiger partial charge in [-0.2, -0.15) is 0 Å². The largest absolute Gasteiger partial charge is 0.328 e. The van der Waals surface area contributed by atoms with E-state index in [1.165, 1.54) is 29.9 Å². The monoisotopic (exact) mass is 465 g/mol. The third kappa shape index (κ3) is 4.00. The number of sulfonamides is 1. The van der Waals surface area contributed by atoms with Gasteiger partial charge in [-0.3, -0.25) is 13.9 Å². The minimum atomic E-state index is -3.88. The highest BCUT2D eigenvalue weighted by molar-refractivity contribution is 8.00. The van der Waals surface area contributed by atoms with Gasteiger partial charge in [0.1, 0.15) is 4.90 Å². The van der Waals surface area contributed by atoms with Gasteiger partial charge in [-0.1, -0.05) is 43.0 Å². The topological polar surface area (TPSA) is 73.1 Å². The normalized spacial score (nSPS) is 15.6. The summed E-state index contributed by atoms with van der Waals surface area (Å²) < 4.78 is 32.0. The summed E-state index contributed by atoms with van der Waals surface area (Å²) in [6, 6.07) is 10.0. The SMILES string of the molecule is Cn1c(=O)n(C)c2cc(SC3CCCCC3)c(NS(=O)(=O)c3ccccc3Cl)cc21. The molecule has 1 aromatic heterocycles. The van der Waals surface area contributed by atoms with Crippen molar-refractivity contribution in [3.8, 4) is 0 Å². The molecule has 4 rings (SSSR count). The van der Waals surface area contributed by atoms with E-state index in [9.17, 15) is 13.2 Å². The fourth-order valence-electron chi connectivity index (χ4n) is 3.93. The van der Waals surface area contributed by atoms with Crippen LogP contribution in [-0.4, -0.2) is 22.8 Å². The van der Waals surface area contributed by atoms with Crippen molar-refractivity contribution in [2.24, 2.45) is 14.1 Å². The van der Waals surface area contributed by atoms with Gasteiger partial charge in [-0.15, -0.1) is 11.8 Å². The van der Waals surface area contributed by atoms with Gasteiger partial charge in [0.05, 0.1) is 21.7 Å². The van der Waals surface area contributed by atoms with Crippen molar-refractivity contribution in [3.05, 3.63) is 51.9 Å². The lowest BCUT2D eigenvalue weighted by Gasteiger charge is -2.22. The summed E-state index contributed by atoms with van der Waals surface area (Å²) in [6.07, 6.45) is 5.82. The molecule has 0 saturated heterocycles. The van der Waals surface area contributed by atoms with Crippen molar-refractivity contribution in [2.75, 3.05) is 4.72 Å². The molecule has 6 nitrogen and oxygen atoms in total. The van der Waals surface area contributed by atoms with Gasteiger partial charge in [-0.25, -0.2) is 13.2 Å². The van der Waals surface area contributed by atoms with E-state index in [0.29, 0.717) is 16.5 Å². The molecule has 0 bridgehead atoms. The second-order valence-electron chi connectivity index (χ2n) is 7.65. The first-order chi connectivity index (χ1) is 14.3. The lowest BCUT2D eigenvalue weighted by molar-refractivity contribution is 0.516. The first-order valence-electron chi connectivity index (χ1n) is 9.91. The fraction of sp³-hybridized carbons (Fsp3) is 0.381. The molecule has 9 heteroatoms. The minimum absolute atomic E-state index is 0.0299. The zero-order valence-electron chi connectivity index (χ0n) is 16.9. The molecule has 0 atom stereocenters. The molecule has 2 aromatic carbocycles. The maximum absolute atomic E-state index is 13.1. The van der Waals surface area contributed by atoms with E-state index in [0.717, 1.165) is 23.3 Å². The third-order valence-corrected chi connectivity index (χ3v) is 8.85. The van der Waals surface area contributed by atoms with Crippen LogP contribution in [0.1, 0.15) is 32.1 Å². The van der Waals surface area contributed by atoms with Gasteiger partial charge in [0, 0.05) is 24.2 Å². The second-order valence-corrected chi connectivity index (χ2v) is 11.1. The lowest BCUT2D eigenvalue weighted by atomic mass is 10.0. The van der Waals surface area contributed by atoms with Crippen LogP contribution in [-0.2, 0) is 24.1 Å². The van der Waals surface area contributed by atoms with Crippen LogP contribution < -0.4 is 10.4 Å². The van der Waals surface area contributed by atoms with Crippen LogP contribution >= 0.6 is 23.4 Å². The van der Waals surface area contributed by atoms with Crippen molar-refractivity contribution >= 4 is 50.1 Å². The maximum Gasteiger partial charge on any atom is 0.328 e. The number of imidazole rings is 1. The number of anilines is 1. The van der Waals surface area contributed by atoms with E-state index < -0.39 is 10.0 Å². The number of rotatable bonds is 5. The molecule has 1 N–H and O–H groups in total. The van der Waals surface area contributed by atoms with Gasteiger partial charge in [-0.05, 0) is 37.1 Å². The summed E-state index contributed by atoms with van der Waals surface area (Å²) >= 11 is 7.83. The van der Waals surface area contributed by atoms with Crippen LogP contribution in [0.15, 0.2) is 51.0 Å². The molecule has 0 radical (unpaired) electrons. The second kappa shape index (κ2) is 8.32. The number of aromatic nitrogens is 2. The predicted octanol–water partition coefficient (Wildman–Crippen LogP) is 4.76. The van der Waals surface area contributed by atoms with Crippen LogP contribution in [0.2, 0.25) is 5.02 Å². The Balaban J connectivity index is 1.81. The van der Waals surface area contributed by atoms with Crippen molar-refractivity contribution < 1.29 is 8.42 Å². The molecule has 1 fully saturated rings. The summed E-state index contributed by atoms with van der Waals surface area (Å²) in [6.45, 7) is 0. The molecule has 0 unspecified atom stereocenters. The summed E-state index contributed by atoms with van der Waals surface area (Å²) in [5.41, 5.74) is 1.78. The zero-order valence-corrected chi connectivity index (χ0v) is 19.3. The lowest BCUT2D eigenvalue weighted by Crippen LogP contribution is -2.19. The van der Waals surface area contributed by atoms with Crippen LogP contribution in [0.25, 0.3) is 11.0 Å². The van der Waals surface area contributed by atoms with Gasteiger partial charge >= 0.3 is 5.69 Å². The molecule has 1 aliphatic rings. The summed E-state index contributed by atoms with van der Waals surface area (Å²) in [4.78, 5) is 13.3. The van der Waals surface area contributed by atoms with Gasteiger partial charge in [0.2, 0.25) is 0 Å². The molecule has 1 heterocycles. The Hall–Kier alpha value is -1.90. The molecule has 160 valence electrons. The summed E-state index contributed by atoms with van der Waals surface area (Å²) in [7, 11) is -0.467. The highest BCUT2D eigenvalue weighted by Crippen LogP contribution is 2.40. The van der Waals surface area contributed by atoms with Gasteiger partial charge in [0.15, 0.2) is 0 Å². The number of hydrogen-bond donors (Lipinski definition) is 1. The van der Waals surface area contributed by atoms with Crippen molar-refractivity contribution in [1.82, 2.24) is 9.13 Å². The van der Waals surface area contributed by atoms with Crippen LogP contribution in [0.3, 0.4) is 0 Å². The molecular weight excluding hydrogens is 442 g/mol. The van der Waals surface area contributed by atoms with E-state index in [2.05, 4.69) is 4.72 Å². The molecule has 1 saturated carbocycles. The zero-order chi connectivity index (χ0) is 21.5. The number of nitrogens with one attached hydrogen (secondary N) is 1. The molecule has 1 aliphatic carbocycles. The number of hydrogen-bond acceptors (Lipinski definition) is 4. The first-order valence-corrected chi connectivity index (χ1v) is 12.7. The number of halogens is 1. The summed E-state index contributed by atoms with van der Waals surface area (Å²) in [5, 5.41) is 0.597. The number of nitrogens with zero attached hydrogens (tertiary/aromatic N) is 2. The summed E-state index contributed by atoms with van der Waals surface area (Å²) in [5.74, 6) is 0. The minimum Gasteiger partial charge on any atom is -0.295 e. The van der Waals surface area contributed by atoms with Crippen LogP contribution in [0.5, 0.6) is 0 Å². The Bertz CT molecular complexity index is 1260. The van der Waals surface area contributed by atoms with Crippen LogP contribution in [0.4, 0.5) is 5.69 Å². The van der Waals surface area contributed by atoms with E-state index in [1.54, 1.807) is 54.7 Å². The fourth-order valence-corrected chi connectivity index (χ4v) is 6.93. The van der Waals surface area contributed by atoms with E-state index in [4.69, 9.17) is 11.6 Å². The van der Waals surface area contributed by atoms with Gasteiger partial charge < -0.3 is 0 Å². The van der Waals surface area contributed by atoms with Crippen molar-refractivity contribution in [1.29, 1.82) is 0 Å². The van der Waals surface area contributed by atoms with Gasteiger partial charge in [0.25, 0.3) is 10.0 Å². The number of thioether (sulfide) groups is 1. The number of aryl methyl sites for hydroxylation is 2. The first kappa shape index (κ1) is 21.3. The Morgan fingerprint density at radius 2 is 1.67 bits per heavy atom. The molecule has 0 amide bonds. The maximum atomic E-state index is 13.1. The number of benzene rings is 2. The van der Waals surface area contributed by atoms with Crippen LogP contribution in [0, 0.1) is 0 Å². The molecule has 0 spiro atoms. The van der Waals surface area contributed by atoms with E-state index in [1.807, 2.05) is 6.07 Å². The van der Waals surface area contributed by atoms with Crippen molar-refractivity contribution in [3.63, 3.8) is 0 Å².